The number of nitrogens with zero attached hydrogens (tertiary/aromatic N) is 1. The molecule has 0 radical (unpaired) electrons. The van der Waals surface area contributed by atoms with Gasteiger partial charge >= 0.3 is 11.9 Å². The number of ether oxygens (including phenoxy) is 4. The van der Waals surface area contributed by atoms with Crippen LogP contribution in [0.5, 0.6) is 0 Å². The fourth-order valence-corrected chi connectivity index (χ4v) is 5.88. The first-order valence-corrected chi connectivity index (χ1v) is 15.6. The molecule has 1 amide bonds. The summed E-state index contributed by atoms with van der Waals surface area (Å²) in [6.07, 6.45) is 21.3. The lowest BCUT2D eigenvalue weighted by molar-refractivity contribution is -0.154. The Kier molecular flexibility index (Phi) is 14.0. The van der Waals surface area contributed by atoms with Gasteiger partial charge in [0.1, 0.15) is 6.10 Å². The zero-order valence-electron chi connectivity index (χ0n) is 26.2. The van der Waals surface area contributed by atoms with Gasteiger partial charge in [0.15, 0.2) is 0 Å². The Labute approximate surface area is 252 Å². The molecule has 4 bridgehead atoms. The molecule has 3 rings (SSSR count). The zero-order valence-corrected chi connectivity index (χ0v) is 26.2. The van der Waals surface area contributed by atoms with Crippen molar-refractivity contribution in [3.05, 3.63) is 48.1 Å². The van der Waals surface area contributed by atoms with Crippen LogP contribution in [0.2, 0.25) is 0 Å². The van der Waals surface area contributed by atoms with Crippen LogP contribution in [0.4, 0.5) is 0 Å². The van der Waals surface area contributed by atoms with Crippen LogP contribution in [-0.2, 0) is 33.3 Å². The Morgan fingerprint density at radius 1 is 0.976 bits per heavy atom. The molecule has 3 aliphatic heterocycles. The van der Waals surface area contributed by atoms with Gasteiger partial charge in [-0.25, -0.2) is 4.79 Å². The molecule has 0 aromatic heterocycles. The van der Waals surface area contributed by atoms with Gasteiger partial charge in [-0.15, -0.1) is 0 Å². The maximum absolute atomic E-state index is 13.2. The molecule has 2 saturated heterocycles. The zero-order chi connectivity index (χ0) is 30.5. The van der Waals surface area contributed by atoms with Gasteiger partial charge < -0.3 is 23.8 Å². The number of unbranched alkanes of at least 4 members (excludes halogenated alkanes) is 1. The standard InChI is InChI=1S/C34H51NO7/c1-24-16-17-25(2)31(14-9-7-6-8-10-15-32(36)35(3)4)42-34(38)23-30-20-26(21-33(37)39-5)19-29(41-30)22-28-13-11-12-27(18-24)40-28/h6-7,9,14,16-17,21,24-25,27-31H,8,10-13,15,18-20,22-23H2,1-5H3/b7-6-,14-9+,17-16-,26-21-/t24-,25-,27+,28-,29+,30-,31-/m0/s1. The van der Waals surface area contributed by atoms with Crippen LogP contribution in [-0.4, -0.2) is 74.5 Å². The van der Waals surface area contributed by atoms with Crippen molar-refractivity contribution in [2.24, 2.45) is 11.8 Å². The number of hydrogen-bond donors (Lipinski definition) is 0. The molecule has 8 heteroatoms. The van der Waals surface area contributed by atoms with Crippen molar-refractivity contribution >= 4 is 17.8 Å². The summed E-state index contributed by atoms with van der Waals surface area (Å²) in [6, 6.07) is 0. The molecular weight excluding hydrogens is 534 g/mol. The van der Waals surface area contributed by atoms with Gasteiger partial charge in [0, 0.05) is 38.9 Å². The summed E-state index contributed by atoms with van der Waals surface area (Å²) in [5.74, 6) is -0.281. The SMILES string of the molecule is COC(=O)/C=C1\C[C@H]2CC(=O)O[C@@H](/C=C/C=C\CCCC(=O)N(C)C)[C@@H](C)/C=C\[C@H](C)C[C@H]3CCC[C@@H](C[C@@H](C1)O2)O3. The van der Waals surface area contributed by atoms with E-state index in [0.717, 1.165) is 50.5 Å². The number of rotatable bonds is 7. The minimum atomic E-state index is -0.436. The van der Waals surface area contributed by atoms with Crippen molar-refractivity contribution in [1.82, 2.24) is 4.90 Å². The fraction of sp³-hybridized carbons (Fsp3) is 0.676. The smallest absolute Gasteiger partial charge is 0.330 e. The molecule has 0 N–H and O–H groups in total. The first-order chi connectivity index (χ1) is 20.1. The van der Waals surface area contributed by atoms with Gasteiger partial charge in [-0.1, -0.05) is 49.8 Å². The van der Waals surface area contributed by atoms with Crippen LogP contribution in [0, 0.1) is 11.8 Å². The Bertz CT molecular complexity index is 1010. The first-order valence-electron chi connectivity index (χ1n) is 15.6. The lowest BCUT2D eigenvalue weighted by Crippen LogP contribution is -2.37. The van der Waals surface area contributed by atoms with Crippen LogP contribution >= 0.6 is 0 Å². The number of cyclic esters (lactones) is 1. The van der Waals surface area contributed by atoms with Crippen molar-refractivity contribution in [3.8, 4) is 0 Å². The largest absolute Gasteiger partial charge is 0.466 e. The molecule has 0 spiro atoms. The second kappa shape index (κ2) is 17.4. The molecule has 42 heavy (non-hydrogen) atoms. The molecule has 0 unspecified atom stereocenters. The third kappa shape index (κ3) is 11.9. The predicted octanol–water partition coefficient (Wildman–Crippen LogP) is 5.87. The van der Waals surface area contributed by atoms with Crippen molar-refractivity contribution < 1.29 is 33.3 Å². The fourth-order valence-electron chi connectivity index (χ4n) is 5.88. The molecule has 0 saturated carbocycles. The third-order valence-electron chi connectivity index (χ3n) is 8.22. The lowest BCUT2D eigenvalue weighted by atomic mass is 9.89. The normalized spacial score (nSPS) is 32.9. The molecule has 2 fully saturated rings. The number of esters is 2. The highest BCUT2D eigenvalue weighted by atomic mass is 16.6. The minimum absolute atomic E-state index is 0.0264. The molecule has 0 aliphatic carbocycles. The van der Waals surface area contributed by atoms with Crippen molar-refractivity contribution in [3.63, 3.8) is 0 Å². The van der Waals surface area contributed by atoms with Gasteiger partial charge in [-0.3, -0.25) is 9.59 Å². The van der Waals surface area contributed by atoms with Crippen molar-refractivity contribution in [1.29, 1.82) is 0 Å². The van der Waals surface area contributed by atoms with Gasteiger partial charge in [0.05, 0.1) is 37.9 Å². The summed E-state index contributed by atoms with van der Waals surface area (Å²) < 4.78 is 23.8. The Morgan fingerprint density at radius 3 is 2.43 bits per heavy atom. The number of methoxy groups -OCH3 is 1. The summed E-state index contributed by atoms with van der Waals surface area (Å²) in [5, 5.41) is 0. The average Bonchev–Trinajstić information content (AvgIpc) is 2.94. The Hall–Kier alpha value is -2.71. The van der Waals surface area contributed by atoms with E-state index in [1.54, 1.807) is 25.1 Å². The van der Waals surface area contributed by atoms with E-state index in [1.807, 2.05) is 24.3 Å². The van der Waals surface area contributed by atoms with E-state index < -0.39 is 6.10 Å². The van der Waals surface area contributed by atoms with Gasteiger partial charge in [-0.2, -0.15) is 0 Å². The summed E-state index contributed by atoms with van der Waals surface area (Å²) in [5.41, 5.74) is 0.933. The van der Waals surface area contributed by atoms with Crippen LogP contribution < -0.4 is 0 Å². The number of carbonyl (C=O) groups is 3. The molecule has 0 aromatic carbocycles. The van der Waals surface area contributed by atoms with Crippen LogP contribution in [0.25, 0.3) is 0 Å². The predicted molar refractivity (Wildman–Crippen MR) is 163 cm³/mol. The first kappa shape index (κ1) is 33.8. The number of amides is 1. The van der Waals surface area contributed by atoms with Crippen LogP contribution in [0.1, 0.15) is 84.5 Å². The molecule has 234 valence electrons. The maximum Gasteiger partial charge on any atom is 0.330 e. The van der Waals surface area contributed by atoms with Crippen molar-refractivity contribution in [2.75, 3.05) is 21.2 Å². The number of carbonyl (C=O) groups excluding carboxylic acids is 3. The van der Waals surface area contributed by atoms with E-state index in [0.29, 0.717) is 25.2 Å². The van der Waals surface area contributed by atoms with E-state index in [-0.39, 0.29) is 54.6 Å². The Morgan fingerprint density at radius 2 is 1.69 bits per heavy atom. The molecule has 0 aromatic rings. The number of hydrogen-bond acceptors (Lipinski definition) is 7. The van der Waals surface area contributed by atoms with Gasteiger partial charge in [0.2, 0.25) is 5.91 Å². The van der Waals surface area contributed by atoms with E-state index in [2.05, 4.69) is 26.0 Å². The number of fused-ring (bicyclic) bond motifs is 4. The van der Waals surface area contributed by atoms with Crippen LogP contribution in [0.15, 0.2) is 48.1 Å². The molecule has 3 aliphatic rings. The molecule has 7 atom stereocenters. The second-order valence-electron chi connectivity index (χ2n) is 12.3. The average molecular weight is 586 g/mol. The highest BCUT2D eigenvalue weighted by Gasteiger charge is 2.33. The monoisotopic (exact) mass is 585 g/mol. The highest BCUT2D eigenvalue weighted by molar-refractivity contribution is 5.82. The molecule has 3 heterocycles. The minimum Gasteiger partial charge on any atom is -0.466 e. The van der Waals surface area contributed by atoms with Gasteiger partial charge in [0.25, 0.3) is 0 Å². The quantitative estimate of drug-likeness (QED) is 0.121. The third-order valence-corrected chi connectivity index (χ3v) is 8.22. The summed E-state index contributed by atoms with van der Waals surface area (Å²) >= 11 is 0. The lowest BCUT2D eigenvalue weighted by Gasteiger charge is -2.37. The van der Waals surface area contributed by atoms with E-state index in [1.165, 1.54) is 7.11 Å². The summed E-state index contributed by atoms with van der Waals surface area (Å²) in [6.45, 7) is 4.27. The summed E-state index contributed by atoms with van der Waals surface area (Å²) in [7, 11) is 4.91. The van der Waals surface area contributed by atoms with E-state index in [4.69, 9.17) is 18.9 Å². The topological polar surface area (TPSA) is 91.4 Å². The second-order valence-corrected chi connectivity index (χ2v) is 12.3. The molecule has 8 nitrogen and oxygen atoms in total. The highest BCUT2D eigenvalue weighted by Crippen LogP contribution is 2.33. The number of allylic oxidation sites excluding steroid dienone is 4. The Balaban J connectivity index is 1.74. The van der Waals surface area contributed by atoms with Crippen LogP contribution in [0.3, 0.4) is 0 Å². The van der Waals surface area contributed by atoms with E-state index in [9.17, 15) is 14.4 Å². The van der Waals surface area contributed by atoms with Gasteiger partial charge in [-0.05, 0) is 63.4 Å². The summed E-state index contributed by atoms with van der Waals surface area (Å²) in [4.78, 5) is 38.6. The van der Waals surface area contributed by atoms with E-state index >= 15 is 0 Å². The molecular formula is C34H51NO7. The maximum atomic E-state index is 13.2. The van der Waals surface area contributed by atoms with Crippen molar-refractivity contribution in [2.45, 2.75) is 115 Å².